The zero-order chi connectivity index (χ0) is 16.4. The van der Waals surface area contributed by atoms with Gasteiger partial charge in [0.1, 0.15) is 0 Å². The monoisotopic (exact) mass is 306 g/mol. The Morgan fingerprint density at radius 1 is 1.00 bits per heavy atom. The summed E-state index contributed by atoms with van der Waals surface area (Å²) in [5.74, 6) is -0.119. The summed E-state index contributed by atoms with van der Waals surface area (Å²) in [4.78, 5) is 20.2. The lowest BCUT2D eigenvalue weighted by atomic mass is 9.87. The minimum atomic E-state index is -0.434. The average molecular weight is 306 g/mol. The van der Waals surface area contributed by atoms with E-state index in [2.05, 4.69) is 42.9 Å². The van der Waals surface area contributed by atoms with Crippen molar-refractivity contribution in [3.8, 4) is 0 Å². The molecule has 0 saturated carbocycles. The van der Waals surface area contributed by atoms with E-state index in [4.69, 9.17) is 4.74 Å². The number of carbonyl (C=O) groups excluding carboxylic acids is 1. The predicted octanol–water partition coefficient (Wildman–Crippen LogP) is 3.72. The number of carbonyl (C=O) groups is 1. The molecule has 1 aromatic carbocycles. The van der Waals surface area contributed by atoms with Crippen molar-refractivity contribution in [3.05, 3.63) is 71.2 Å². The zero-order valence-corrected chi connectivity index (χ0v) is 13.4. The van der Waals surface area contributed by atoms with E-state index in [0.29, 0.717) is 11.6 Å². The first kappa shape index (κ1) is 15.2. The Kier molecular flexibility index (Phi) is 3.82. The number of aliphatic imine (C=N–C) groups is 1. The smallest absolute Gasteiger partial charge is 0.363 e. The van der Waals surface area contributed by atoms with Crippen molar-refractivity contribution in [2.45, 2.75) is 26.2 Å². The highest BCUT2D eigenvalue weighted by Crippen LogP contribution is 2.24. The lowest BCUT2D eigenvalue weighted by Gasteiger charge is -2.18. The number of nitrogens with zero attached hydrogens (tertiary/aromatic N) is 2. The molecule has 23 heavy (non-hydrogen) atoms. The number of ether oxygens (including phenoxy) is 1. The largest absolute Gasteiger partial charge is 0.402 e. The van der Waals surface area contributed by atoms with E-state index in [1.54, 1.807) is 30.6 Å². The quantitative estimate of drug-likeness (QED) is 0.627. The maximum Gasteiger partial charge on any atom is 0.363 e. The summed E-state index contributed by atoms with van der Waals surface area (Å²) in [6, 6.07) is 11.6. The minimum Gasteiger partial charge on any atom is -0.402 e. The molecule has 0 radical (unpaired) electrons. The van der Waals surface area contributed by atoms with Crippen LogP contribution in [0.4, 0.5) is 0 Å². The van der Waals surface area contributed by atoms with Gasteiger partial charge in [0.2, 0.25) is 5.90 Å². The highest BCUT2D eigenvalue weighted by Gasteiger charge is 2.24. The van der Waals surface area contributed by atoms with Crippen LogP contribution in [-0.4, -0.2) is 16.9 Å². The molecule has 1 aromatic heterocycles. The Hall–Kier alpha value is -2.75. The molecule has 0 bridgehead atoms. The first-order valence-corrected chi connectivity index (χ1v) is 7.47. The number of esters is 1. The summed E-state index contributed by atoms with van der Waals surface area (Å²) in [6.45, 7) is 6.50. The van der Waals surface area contributed by atoms with E-state index < -0.39 is 5.97 Å². The van der Waals surface area contributed by atoms with E-state index >= 15 is 0 Å². The van der Waals surface area contributed by atoms with Gasteiger partial charge in [-0.05, 0) is 34.8 Å². The molecular formula is C19H18N2O2. The van der Waals surface area contributed by atoms with E-state index in [9.17, 15) is 4.79 Å². The van der Waals surface area contributed by atoms with Crippen LogP contribution < -0.4 is 0 Å². The fourth-order valence-corrected chi connectivity index (χ4v) is 2.26. The molecule has 1 aliphatic heterocycles. The number of hydrogen-bond acceptors (Lipinski definition) is 4. The topological polar surface area (TPSA) is 51.6 Å². The Labute approximate surface area is 135 Å². The molecule has 0 atom stereocenters. The van der Waals surface area contributed by atoms with E-state index in [1.807, 2.05) is 12.1 Å². The molecule has 0 saturated heterocycles. The molecule has 116 valence electrons. The zero-order valence-electron chi connectivity index (χ0n) is 13.4. The second-order valence-electron chi connectivity index (χ2n) is 6.44. The van der Waals surface area contributed by atoms with Crippen LogP contribution in [0.3, 0.4) is 0 Å². The van der Waals surface area contributed by atoms with Crippen molar-refractivity contribution in [3.63, 3.8) is 0 Å². The van der Waals surface area contributed by atoms with Crippen molar-refractivity contribution in [2.24, 2.45) is 4.99 Å². The Morgan fingerprint density at radius 3 is 2.26 bits per heavy atom. The number of rotatable bonds is 2. The Balaban J connectivity index is 1.88. The van der Waals surface area contributed by atoms with E-state index in [-0.39, 0.29) is 5.41 Å². The summed E-state index contributed by atoms with van der Waals surface area (Å²) in [6.07, 6.45) is 5.01. The molecule has 3 rings (SSSR count). The minimum absolute atomic E-state index is 0.102. The highest BCUT2D eigenvalue weighted by atomic mass is 16.6. The lowest BCUT2D eigenvalue weighted by Crippen LogP contribution is -2.10. The summed E-state index contributed by atoms with van der Waals surface area (Å²) in [5.41, 5.74) is 3.31. The van der Waals surface area contributed by atoms with Gasteiger partial charge < -0.3 is 4.74 Å². The SMILES string of the molecule is CC(C)(C)c1ccc(/C=C2/N=C(c3ccncc3)OC2=O)cc1. The molecule has 0 fully saturated rings. The van der Waals surface area contributed by atoms with Crippen molar-refractivity contribution >= 4 is 17.9 Å². The number of benzene rings is 1. The molecule has 2 aromatic rings. The standard InChI is InChI=1S/C19H18N2O2/c1-19(2,3)15-6-4-13(5-7-15)12-16-18(22)23-17(21-16)14-8-10-20-11-9-14/h4-12H,1-3H3/b16-12+. The van der Waals surface area contributed by atoms with Crippen LogP contribution in [0.1, 0.15) is 37.5 Å². The van der Waals surface area contributed by atoms with Gasteiger partial charge in [0.25, 0.3) is 0 Å². The van der Waals surface area contributed by atoms with Gasteiger partial charge in [0.05, 0.1) is 0 Å². The van der Waals surface area contributed by atoms with Crippen LogP contribution in [0, 0.1) is 0 Å². The van der Waals surface area contributed by atoms with Crippen LogP contribution in [0.15, 0.2) is 59.5 Å². The van der Waals surface area contributed by atoms with Gasteiger partial charge in [-0.3, -0.25) is 4.98 Å². The molecular weight excluding hydrogens is 288 g/mol. The predicted molar refractivity (Wildman–Crippen MR) is 90.0 cm³/mol. The average Bonchev–Trinajstić information content (AvgIpc) is 2.89. The first-order chi connectivity index (χ1) is 10.9. The number of aromatic nitrogens is 1. The number of pyridine rings is 1. The highest BCUT2D eigenvalue weighted by molar-refractivity contribution is 6.12. The maximum atomic E-state index is 12.0. The second-order valence-corrected chi connectivity index (χ2v) is 6.44. The van der Waals surface area contributed by atoms with Gasteiger partial charge in [-0.2, -0.15) is 0 Å². The van der Waals surface area contributed by atoms with Crippen molar-refractivity contribution in [1.82, 2.24) is 4.98 Å². The third-order valence-corrected chi connectivity index (χ3v) is 3.63. The van der Waals surface area contributed by atoms with E-state index in [1.165, 1.54) is 5.56 Å². The molecule has 2 heterocycles. The van der Waals surface area contributed by atoms with Crippen LogP contribution in [-0.2, 0) is 14.9 Å². The molecule has 4 nitrogen and oxygen atoms in total. The van der Waals surface area contributed by atoms with Gasteiger partial charge in [0.15, 0.2) is 5.70 Å². The molecule has 0 N–H and O–H groups in total. The van der Waals surface area contributed by atoms with Gasteiger partial charge in [0, 0.05) is 18.0 Å². The lowest BCUT2D eigenvalue weighted by molar-refractivity contribution is -0.129. The van der Waals surface area contributed by atoms with Crippen LogP contribution >= 0.6 is 0 Å². The molecule has 0 amide bonds. The molecule has 0 aliphatic carbocycles. The van der Waals surface area contributed by atoms with Gasteiger partial charge in [-0.1, -0.05) is 45.0 Å². The maximum absolute atomic E-state index is 12.0. The van der Waals surface area contributed by atoms with Crippen LogP contribution in [0.25, 0.3) is 6.08 Å². The van der Waals surface area contributed by atoms with Crippen molar-refractivity contribution in [2.75, 3.05) is 0 Å². The molecule has 1 aliphatic rings. The van der Waals surface area contributed by atoms with Crippen LogP contribution in [0.2, 0.25) is 0 Å². The summed E-state index contributed by atoms with van der Waals surface area (Å²) < 4.78 is 5.23. The van der Waals surface area contributed by atoms with E-state index in [0.717, 1.165) is 11.1 Å². The first-order valence-electron chi connectivity index (χ1n) is 7.47. The van der Waals surface area contributed by atoms with Crippen molar-refractivity contribution in [1.29, 1.82) is 0 Å². The van der Waals surface area contributed by atoms with Gasteiger partial charge in [-0.15, -0.1) is 0 Å². The van der Waals surface area contributed by atoms with Crippen LogP contribution in [0.5, 0.6) is 0 Å². The molecule has 0 spiro atoms. The fraction of sp³-hybridized carbons (Fsp3) is 0.211. The van der Waals surface area contributed by atoms with Gasteiger partial charge >= 0.3 is 5.97 Å². The summed E-state index contributed by atoms with van der Waals surface area (Å²) in [5, 5.41) is 0. The Morgan fingerprint density at radius 2 is 1.65 bits per heavy atom. The van der Waals surface area contributed by atoms with Crippen molar-refractivity contribution < 1.29 is 9.53 Å². The second kappa shape index (κ2) is 5.80. The normalized spacial score (nSPS) is 16.4. The van der Waals surface area contributed by atoms with Gasteiger partial charge in [-0.25, -0.2) is 9.79 Å². The third-order valence-electron chi connectivity index (χ3n) is 3.63. The summed E-state index contributed by atoms with van der Waals surface area (Å²) in [7, 11) is 0. The number of hydrogen-bond donors (Lipinski definition) is 0. The number of cyclic esters (lactones) is 1. The Bertz CT molecular complexity index is 782. The summed E-state index contributed by atoms with van der Waals surface area (Å²) >= 11 is 0. The third kappa shape index (κ3) is 3.37. The molecule has 0 unspecified atom stereocenters. The fourth-order valence-electron chi connectivity index (χ4n) is 2.26. The molecule has 4 heteroatoms.